The molecule has 0 saturated carbocycles. The average Bonchev–Trinajstić information content (AvgIpc) is 2.45. The Morgan fingerprint density at radius 1 is 1.20 bits per heavy atom. The van der Waals surface area contributed by atoms with Gasteiger partial charge in [-0.25, -0.2) is 0 Å². The zero-order valence-electron chi connectivity index (χ0n) is 11.9. The van der Waals surface area contributed by atoms with Crippen LogP contribution < -0.4 is 10.6 Å². The van der Waals surface area contributed by atoms with Gasteiger partial charge in [-0.2, -0.15) is 0 Å². The fourth-order valence-electron chi connectivity index (χ4n) is 1.99. The first-order valence-electron chi connectivity index (χ1n) is 6.90. The van der Waals surface area contributed by atoms with Crippen LogP contribution in [0.5, 0.6) is 0 Å². The highest BCUT2D eigenvalue weighted by molar-refractivity contribution is 9.10. The number of rotatable bonds is 6. The second-order valence-corrected chi connectivity index (χ2v) is 5.73. The van der Waals surface area contributed by atoms with Gasteiger partial charge in [0.2, 0.25) is 0 Å². The minimum Gasteiger partial charge on any atom is -0.384 e. The van der Waals surface area contributed by atoms with Crippen LogP contribution in [0.2, 0.25) is 0 Å². The van der Waals surface area contributed by atoms with Crippen LogP contribution in [0.15, 0.2) is 47.2 Å². The van der Waals surface area contributed by atoms with Crippen LogP contribution in [-0.4, -0.2) is 11.5 Å². The number of hydrogen-bond donors (Lipinski definition) is 2. The van der Waals surface area contributed by atoms with Gasteiger partial charge in [-0.3, -0.25) is 4.98 Å². The fraction of sp³-hybridized carbons (Fsp3) is 0.312. The molecule has 1 heterocycles. The van der Waals surface area contributed by atoms with Gasteiger partial charge in [-0.05, 0) is 37.1 Å². The molecule has 1 atom stereocenters. The van der Waals surface area contributed by atoms with Crippen LogP contribution in [0.4, 0.5) is 11.4 Å². The predicted octanol–water partition coefficient (Wildman–Crippen LogP) is 4.84. The molecule has 0 aliphatic rings. The number of aromatic nitrogens is 1. The maximum Gasteiger partial charge on any atom is 0.0552 e. The van der Waals surface area contributed by atoms with E-state index in [0.29, 0.717) is 0 Å². The molecule has 0 spiro atoms. The summed E-state index contributed by atoms with van der Waals surface area (Å²) >= 11 is 3.51. The molecule has 2 aromatic rings. The summed E-state index contributed by atoms with van der Waals surface area (Å²) in [6, 6.07) is 10.7. The first-order chi connectivity index (χ1) is 9.69. The number of benzene rings is 1. The summed E-state index contributed by atoms with van der Waals surface area (Å²) in [6.07, 6.45) is 4.81. The Bertz CT molecular complexity index is 557. The number of hydrogen-bond acceptors (Lipinski definition) is 3. The van der Waals surface area contributed by atoms with Crippen LogP contribution in [0.1, 0.15) is 31.9 Å². The molecule has 3 nitrogen and oxygen atoms in total. The molecule has 0 aliphatic heterocycles. The van der Waals surface area contributed by atoms with Gasteiger partial charge in [0, 0.05) is 17.1 Å². The van der Waals surface area contributed by atoms with Crippen molar-refractivity contribution in [3.63, 3.8) is 0 Å². The standard InChI is InChI=1S/C16H20BrN3/c1-3-7-19-15-9-16(11-18-10-15)20-12(2)13-5-4-6-14(17)8-13/h4-6,8-12,19-20H,3,7H2,1-2H3. The maximum atomic E-state index is 4.27. The average molecular weight is 334 g/mol. The summed E-state index contributed by atoms with van der Waals surface area (Å²) in [7, 11) is 0. The highest BCUT2D eigenvalue weighted by Gasteiger charge is 2.06. The van der Waals surface area contributed by atoms with E-state index >= 15 is 0 Å². The van der Waals surface area contributed by atoms with E-state index in [1.54, 1.807) is 0 Å². The van der Waals surface area contributed by atoms with Crippen molar-refractivity contribution in [3.8, 4) is 0 Å². The fourth-order valence-corrected chi connectivity index (χ4v) is 2.41. The molecule has 1 aromatic heterocycles. The molecule has 0 saturated heterocycles. The Hall–Kier alpha value is -1.55. The van der Waals surface area contributed by atoms with Crippen molar-refractivity contribution in [2.24, 2.45) is 0 Å². The van der Waals surface area contributed by atoms with Gasteiger partial charge in [0.25, 0.3) is 0 Å². The molecule has 2 rings (SSSR count). The Morgan fingerprint density at radius 2 is 2.00 bits per heavy atom. The summed E-state index contributed by atoms with van der Waals surface area (Å²) in [5.41, 5.74) is 3.32. The summed E-state index contributed by atoms with van der Waals surface area (Å²) in [5.74, 6) is 0. The van der Waals surface area contributed by atoms with Gasteiger partial charge in [0.05, 0.1) is 23.8 Å². The van der Waals surface area contributed by atoms with Crippen LogP contribution in [0.3, 0.4) is 0 Å². The van der Waals surface area contributed by atoms with Crippen molar-refractivity contribution in [1.29, 1.82) is 0 Å². The van der Waals surface area contributed by atoms with Crippen LogP contribution in [-0.2, 0) is 0 Å². The lowest BCUT2D eigenvalue weighted by Crippen LogP contribution is -2.07. The Morgan fingerprint density at radius 3 is 2.75 bits per heavy atom. The van der Waals surface area contributed by atoms with Crippen LogP contribution in [0, 0.1) is 0 Å². The van der Waals surface area contributed by atoms with Gasteiger partial charge >= 0.3 is 0 Å². The monoisotopic (exact) mass is 333 g/mol. The molecule has 2 N–H and O–H groups in total. The van der Waals surface area contributed by atoms with E-state index in [4.69, 9.17) is 0 Å². The molecule has 0 fully saturated rings. The van der Waals surface area contributed by atoms with Crippen molar-refractivity contribution in [3.05, 3.63) is 52.8 Å². The van der Waals surface area contributed by atoms with Gasteiger partial charge in [-0.15, -0.1) is 0 Å². The minimum atomic E-state index is 0.232. The Kier molecular flexibility index (Phi) is 5.41. The zero-order valence-corrected chi connectivity index (χ0v) is 13.4. The maximum absolute atomic E-state index is 4.27. The van der Waals surface area contributed by atoms with E-state index in [1.807, 2.05) is 18.5 Å². The van der Waals surface area contributed by atoms with Crippen molar-refractivity contribution >= 4 is 27.3 Å². The molecule has 0 aliphatic carbocycles. The molecular weight excluding hydrogens is 314 g/mol. The zero-order chi connectivity index (χ0) is 14.4. The first kappa shape index (κ1) is 14.9. The molecule has 0 radical (unpaired) electrons. The topological polar surface area (TPSA) is 37.0 Å². The van der Waals surface area contributed by atoms with E-state index < -0.39 is 0 Å². The molecule has 1 unspecified atom stereocenters. The number of pyridine rings is 1. The molecule has 0 bridgehead atoms. The summed E-state index contributed by atoms with van der Waals surface area (Å²) in [4.78, 5) is 4.27. The van der Waals surface area contributed by atoms with E-state index in [-0.39, 0.29) is 6.04 Å². The largest absolute Gasteiger partial charge is 0.384 e. The highest BCUT2D eigenvalue weighted by atomic mass is 79.9. The predicted molar refractivity (Wildman–Crippen MR) is 89.2 cm³/mol. The number of anilines is 2. The molecule has 106 valence electrons. The number of nitrogens with zero attached hydrogens (tertiary/aromatic N) is 1. The number of halogens is 1. The van der Waals surface area contributed by atoms with Crippen LogP contribution in [0.25, 0.3) is 0 Å². The Balaban J connectivity index is 2.05. The van der Waals surface area contributed by atoms with E-state index in [9.17, 15) is 0 Å². The summed E-state index contributed by atoms with van der Waals surface area (Å²) < 4.78 is 1.10. The third-order valence-corrected chi connectivity index (χ3v) is 3.54. The van der Waals surface area contributed by atoms with Crippen LogP contribution >= 0.6 is 15.9 Å². The molecule has 0 amide bonds. The lowest BCUT2D eigenvalue weighted by molar-refractivity contribution is 0.881. The SMILES string of the molecule is CCCNc1cncc(NC(C)c2cccc(Br)c2)c1. The molecule has 4 heteroatoms. The second-order valence-electron chi connectivity index (χ2n) is 4.81. The molecule has 20 heavy (non-hydrogen) atoms. The summed E-state index contributed by atoms with van der Waals surface area (Å²) in [5, 5.41) is 6.83. The van der Waals surface area contributed by atoms with Gasteiger partial charge in [0.1, 0.15) is 0 Å². The van der Waals surface area contributed by atoms with Crippen molar-refractivity contribution < 1.29 is 0 Å². The highest BCUT2D eigenvalue weighted by Crippen LogP contribution is 2.23. The Labute approximate surface area is 129 Å². The first-order valence-corrected chi connectivity index (χ1v) is 7.69. The van der Waals surface area contributed by atoms with E-state index in [0.717, 1.165) is 28.8 Å². The van der Waals surface area contributed by atoms with Crippen molar-refractivity contribution in [1.82, 2.24) is 4.98 Å². The molecular formula is C16H20BrN3. The third kappa shape index (κ3) is 4.23. The lowest BCUT2D eigenvalue weighted by Gasteiger charge is -2.16. The molecule has 1 aromatic carbocycles. The van der Waals surface area contributed by atoms with Gasteiger partial charge < -0.3 is 10.6 Å². The van der Waals surface area contributed by atoms with Gasteiger partial charge in [0.15, 0.2) is 0 Å². The quantitative estimate of drug-likeness (QED) is 0.794. The second kappa shape index (κ2) is 7.29. The smallest absolute Gasteiger partial charge is 0.0552 e. The number of nitrogens with one attached hydrogen (secondary N) is 2. The van der Waals surface area contributed by atoms with Crippen molar-refractivity contribution in [2.75, 3.05) is 17.2 Å². The normalized spacial score (nSPS) is 11.9. The lowest BCUT2D eigenvalue weighted by atomic mass is 10.1. The minimum absolute atomic E-state index is 0.232. The van der Waals surface area contributed by atoms with E-state index in [1.165, 1.54) is 5.56 Å². The third-order valence-electron chi connectivity index (χ3n) is 3.05. The van der Waals surface area contributed by atoms with E-state index in [2.05, 4.69) is 69.7 Å². The summed E-state index contributed by atoms with van der Waals surface area (Å²) in [6.45, 7) is 5.26. The van der Waals surface area contributed by atoms with Gasteiger partial charge in [-0.1, -0.05) is 35.0 Å². The van der Waals surface area contributed by atoms with Crippen molar-refractivity contribution in [2.45, 2.75) is 26.3 Å².